The lowest BCUT2D eigenvalue weighted by Gasteiger charge is -2.33. The van der Waals surface area contributed by atoms with E-state index in [1.807, 2.05) is 42.5 Å². The Morgan fingerprint density at radius 1 is 1.04 bits per heavy atom. The lowest BCUT2D eigenvalue weighted by atomic mass is 10.1. The molecule has 0 saturated carbocycles. The lowest BCUT2D eigenvalue weighted by molar-refractivity contribution is -0.125. The molecule has 0 fully saturated rings. The molecule has 1 aliphatic heterocycles. The quantitative estimate of drug-likeness (QED) is 0.773. The second-order valence-corrected chi connectivity index (χ2v) is 6.28. The Labute approximate surface area is 156 Å². The van der Waals surface area contributed by atoms with E-state index in [1.54, 1.807) is 24.3 Å². The summed E-state index contributed by atoms with van der Waals surface area (Å²) < 4.78 is 11.3. The van der Waals surface area contributed by atoms with Crippen LogP contribution in [0.15, 0.2) is 66.7 Å². The third kappa shape index (κ3) is 3.42. The van der Waals surface area contributed by atoms with Crippen LogP contribution in [0.3, 0.4) is 0 Å². The van der Waals surface area contributed by atoms with Crippen molar-refractivity contribution in [3.05, 3.63) is 66.7 Å². The SMILES string of the molecule is NC(=O)[C@H]1CN(C(=O)COc2ccc3ccccc3c2)c2ccccc2O1. The molecule has 6 nitrogen and oxygen atoms in total. The van der Waals surface area contributed by atoms with Gasteiger partial charge in [0.2, 0.25) is 0 Å². The molecule has 136 valence electrons. The van der Waals surface area contributed by atoms with Crippen molar-refractivity contribution in [2.45, 2.75) is 6.10 Å². The molecule has 0 saturated heterocycles. The average molecular weight is 362 g/mol. The molecule has 0 radical (unpaired) electrons. The van der Waals surface area contributed by atoms with E-state index >= 15 is 0 Å². The maximum Gasteiger partial charge on any atom is 0.265 e. The van der Waals surface area contributed by atoms with Gasteiger partial charge in [-0.25, -0.2) is 0 Å². The maximum atomic E-state index is 12.8. The van der Waals surface area contributed by atoms with Gasteiger partial charge in [0.25, 0.3) is 11.8 Å². The molecule has 3 aromatic carbocycles. The molecule has 3 aromatic rings. The number of para-hydroxylation sites is 2. The van der Waals surface area contributed by atoms with E-state index in [0.29, 0.717) is 17.2 Å². The van der Waals surface area contributed by atoms with Crippen LogP contribution < -0.4 is 20.1 Å². The van der Waals surface area contributed by atoms with Crippen LogP contribution in [0.2, 0.25) is 0 Å². The normalized spacial score (nSPS) is 15.7. The zero-order valence-electron chi connectivity index (χ0n) is 14.5. The minimum atomic E-state index is -0.885. The number of nitrogens with zero attached hydrogens (tertiary/aromatic N) is 1. The van der Waals surface area contributed by atoms with Gasteiger partial charge in [-0.2, -0.15) is 0 Å². The summed E-state index contributed by atoms with van der Waals surface area (Å²) in [5.41, 5.74) is 5.97. The smallest absolute Gasteiger partial charge is 0.265 e. The third-order valence-electron chi connectivity index (χ3n) is 4.48. The average Bonchev–Trinajstić information content (AvgIpc) is 2.71. The topological polar surface area (TPSA) is 81.9 Å². The third-order valence-corrected chi connectivity index (χ3v) is 4.48. The van der Waals surface area contributed by atoms with E-state index in [2.05, 4.69) is 0 Å². The molecule has 1 aliphatic rings. The fraction of sp³-hybridized carbons (Fsp3) is 0.143. The number of anilines is 1. The Morgan fingerprint density at radius 3 is 2.59 bits per heavy atom. The number of hydrogen-bond acceptors (Lipinski definition) is 4. The fourth-order valence-corrected chi connectivity index (χ4v) is 3.10. The van der Waals surface area contributed by atoms with Crippen LogP contribution in [-0.2, 0) is 9.59 Å². The van der Waals surface area contributed by atoms with E-state index in [4.69, 9.17) is 15.2 Å². The van der Waals surface area contributed by atoms with Crippen molar-refractivity contribution >= 4 is 28.3 Å². The Kier molecular flexibility index (Phi) is 4.38. The molecule has 1 heterocycles. The molecule has 1 atom stereocenters. The van der Waals surface area contributed by atoms with E-state index < -0.39 is 12.0 Å². The molecular weight excluding hydrogens is 344 g/mol. The van der Waals surface area contributed by atoms with E-state index in [9.17, 15) is 9.59 Å². The summed E-state index contributed by atoms with van der Waals surface area (Å²) in [5, 5.41) is 2.13. The fourth-order valence-electron chi connectivity index (χ4n) is 3.10. The van der Waals surface area contributed by atoms with Crippen LogP contribution in [0.5, 0.6) is 11.5 Å². The highest BCUT2D eigenvalue weighted by molar-refractivity contribution is 5.98. The predicted octanol–water partition coefficient (Wildman–Crippen LogP) is 2.50. The van der Waals surface area contributed by atoms with E-state index in [-0.39, 0.29) is 19.1 Å². The number of fused-ring (bicyclic) bond motifs is 2. The van der Waals surface area contributed by atoms with Gasteiger partial charge in [-0.15, -0.1) is 0 Å². The van der Waals surface area contributed by atoms with Crippen LogP contribution in [-0.4, -0.2) is 31.1 Å². The Bertz CT molecular complexity index is 1020. The van der Waals surface area contributed by atoms with Gasteiger partial charge in [0.15, 0.2) is 12.7 Å². The van der Waals surface area contributed by atoms with Crippen LogP contribution in [0.25, 0.3) is 10.8 Å². The van der Waals surface area contributed by atoms with Gasteiger partial charge in [-0.3, -0.25) is 9.59 Å². The molecule has 0 bridgehead atoms. The number of nitrogens with two attached hydrogens (primary N) is 1. The standard InChI is InChI=1S/C21H18N2O4/c22-21(25)19-12-23(17-7-3-4-8-18(17)27-19)20(24)13-26-16-10-9-14-5-1-2-6-15(14)11-16/h1-11,19H,12-13H2,(H2,22,25)/t19-/m1/s1. The van der Waals surface area contributed by atoms with E-state index in [1.165, 1.54) is 4.90 Å². The van der Waals surface area contributed by atoms with Crippen molar-refractivity contribution < 1.29 is 19.1 Å². The van der Waals surface area contributed by atoms with Crippen LogP contribution in [0.1, 0.15) is 0 Å². The Hall–Kier alpha value is -3.54. The lowest BCUT2D eigenvalue weighted by Crippen LogP contribution is -2.50. The van der Waals surface area contributed by atoms with Crippen molar-refractivity contribution in [3.8, 4) is 11.5 Å². The van der Waals surface area contributed by atoms with Crippen LogP contribution in [0.4, 0.5) is 5.69 Å². The number of rotatable bonds is 4. The number of amides is 2. The van der Waals surface area contributed by atoms with Gasteiger partial charge in [0.1, 0.15) is 11.5 Å². The Balaban J connectivity index is 1.52. The summed E-state index contributed by atoms with van der Waals surface area (Å²) in [7, 11) is 0. The number of ether oxygens (including phenoxy) is 2. The first-order valence-corrected chi connectivity index (χ1v) is 8.59. The Morgan fingerprint density at radius 2 is 1.78 bits per heavy atom. The van der Waals surface area contributed by atoms with Gasteiger partial charge in [0, 0.05) is 0 Å². The van der Waals surface area contributed by atoms with Crippen LogP contribution >= 0.6 is 0 Å². The zero-order valence-corrected chi connectivity index (χ0v) is 14.5. The molecule has 2 N–H and O–H groups in total. The van der Waals surface area contributed by atoms with Gasteiger partial charge in [0.05, 0.1) is 12.2 Å². The first-order chi connectivity index (χ1) is 13.1. The number of hydrogen-bond donors (Lipinski definition) is 1. The van der Waals surface area contributed by atoms with Crippen molar-refractivity contribution in [1.29, 1.82) is 0 Å². The van der Waals surface area contributed by atoms with Crippen molar-refractivity contribution in [3.63, 3.8) is 0 Å². The number of benzene rings is 3. The van der Waals surface area contributed by atoms with Gasteiger partial charge in [-0.1, -0.05) is 42.5 Å². The molecule has 0 aliphatic carbocycles. The molecule has 0 spiro atoms. The summed E-state index contributed by atoms with van der Waals surface area (Å²) in [4.78, 5) is 25.8. The second-order valence-electron chi connectivity index (χ2n) is 6.28. The highest BCUT2D eigenvalue weighted by atomic mass is 16.5. The van der Waals surface area contributed by atoms with Gasteiger partial charge >= 0.3 is 0 Å². The molecule has 0 aromatic heterocycles. The zero-order chi connectivity index (χ0) is 18.8. The molecule has 27 heavy (non-hydrogen) atoms. The van der Waals surface area contributed by atoms with Crippen molar-refractivity contribution in [1.82, 2.24) is 0 Å². The van der Waals surface area contributed by atoms with Gasteiger partial charge in [-0.05, 0) is 35.0 Å². The monoisotopic (exact) mass is 362 g/mol. The van der Waals surface area contributed by atoms with Crippen molar-refractivity contribution in [2.75, 3.05) is 18.1 Å². The molecule has 2 amide bonds. The first-order valence-electron chi connectivity index (χ1n) is 8.59. The number of carbonyl (C=O) groups excluding carboxylic acids is 2. The summed E-state index contributed by atoms with van der Waals surface area (Å²) in [6.07, 6.45) is -0.885. The number of primary amides is 1. The summed E-state index contributed by atoms with van der Waals surface area (Å²) in [6.45, 7) is -0.0928. The minimum Gasteiger partial charge on any atom is -0.484 e. The predicted molar refractivity (Wildman–Crippen MR) is 102 cm³/mol. The van der Waals surface area contributed by atoms with E-state index in [0.717, 1.165) is 10.8 Å². The molecular formula is C21H18N2O4. The highest BCUT2D eigenvalue weighted by Gasteiger charge is 2.32. The summed E-state index contributed by atoms with van der Waals surface area (Å²) >= 11 is 0. The highest BCUT2D eigenvalue weighted by Crippen LogP contribution is 2.33. The second kappa shape index (κ2) is 6.99. The largest absolute Gasteiger partial charge is 0.484 e. The summed E-state index contributed by atoms with van der Waals surface area (Å²) in [5.74, 6) is 0.171. The molecule has 0 unspecified atom stereocenters. The summed E-state index contributed by atoms with van der Waals surface area (Å²) in [6, 6.07) is 20.6. The van der Waals surface area contributed by atoms with Gasteiger partial charge < -0.3 is 20.1 Å². The molecule has 6 heteroatoms. The van der Waals surface area contributed by atoms with Crippen LogP contribution in [0, 0.1) is 0 Å². The van der Waals surface area contributed by atoms with Crippen molar-refractivity contribution in [2.24, 2.45) is 5.73 Å². The maximum absolute atomic E-state index is 12.8. The number of carbonyl (C=O) groups is 2. The molecule has 4 rings (SSSR count). The first kappa shape index (κ1) is 16.9. The minimum absolute atomic E-state index is 0.0618.